The van der Waals surface area contributed by atoms with Crippen LogP contribution in [0.1, 0.15) is 42.1 Å². The molecule has 0 saturated carbocycles. The lowest BCUT2D eigenvalue weighted by Gasteiger charge is -2.07. The van der Waals surface area contributed by atoms with Crippen LogP contribution >= 0.6 is 0 Å². The Balaban J connectivity index is 1.40. The number of nitrogens with one attached hydrogen (secondary N) is 1. The van der Waals surface area contributed by atoms with Gasteiger partial charge in [0.1, 0.15) is 23.6 Å². The summed E-state index contributed by atoms with van der Waals surface area (Å²) in [6.45, 7) is 5.10. The van der Waals surface area contributed by atoms with Gasteiger partial charge in [-0.3, -0.25) is 9.36 Å². The highest BCUT2D eigenvalue weighted by Crippen LogP contribution is 2.19. The summed E-state index contributed by atoms with van der Waals surface area (Å²) in [4.78, 5) is 25.4. The Bertz CT molecular complexity index is 1180. The summed E-state index contributed by atoms with van der Waals surface area (Å²) in [5.74, 6) is 2.21. The van der Waals surface area contributed by atoms with Gasteiger partial charge in [-0.25, -0.2) is 9.97 Å². The number of benzene rings is 1. The van der Waals surface area contributed by atoms with Crippen molar-refractivity contribution < 1.29 is 14.1 Å². The summed E-state index contributed by atoms with van der Waals surface area (Å²) >= 11 is 0. The Morgan fingerprint density at radius 1 is 1.16 bits per heavy atom. The molecule has 0 unspecified atom stereocenters. The molecule has 9 heteroatoms. The molecule has 0 bridgehead atoms. The van der Waals surface area contributed by atoms with E-state index in [0.29, 0.717) is 42.8 Å². The third-order valence-electron chi connectivity index (χ3n) is 4.71. The van der Waals surface area contributed by atoms with Gasteiger partial charge < -0.3 is 14.6 Å². The lowest BCUT2D eigenvalue weighted by atomic mass is 10.2. The molecule has 0 aliphatic carbocycles. The minimum Gasteiger partial charge on any atom is -0.494 e. The molecule has 0 aliphatic heterocycles. The number of hydrogen-bond donors (Lipinski definition) is 1. The van der Waals surface area contributed by atoms with Gasteiger partial charge in [0.05, 0.1) is 6.61 Å². The smallest absolute Gasteiger partial charge is 0.271 e. The zero-order valence-corrected chi connectivity index (χ0v) is 18.0. The SMILES string of the molecule is CCCOc1ccc(CNC(=O)c2cn(-c3cc(-c4nc(CC)no4)ccn3)cn2)cc1. The number of amides is 1. The van der Waals surface area contributed by atoms with Gasteiger partial charge in [-0.15, -0.1) is 0 Å². The molecule has 1 aromatic carbocycles. The van der Waals surface area contributed by atoms with Gasteiger partial charge in [-0.05, 0) is 36.2 Å². The van der Waals surface area contributed by atoms with E-state index >= 15 is 0 Å². The normalized spacial score (nSPS) is 10.8. The molecule has 4 aromatic rings. The number of imidazole rings is 1. The Morgan fingerprint density at radius 3 is 2.75 bits per heavy atom. The molecule has 0 fully saturated rings. The van der Waals surface area contributed by atoms with E-state index in [2.05, 4.69) is 32.3 Å². The Hall–Kier alpha value is -4.01. The van der Waals surface area contributed by atoms with Crippen LogP contribution in [0, 0.1) is 0 Å². The molecule has 0 aliphatic rings. The second-order valence-corrected chi connectivity index (χ2v) is 7.11. The van der Waals surface area contributed by atoms with E-state index < -0.39 is 0 Å². The maximum Gasteiger partial charge on any atom is 0.271 e. The number of aromatic nitrogens is 5. The molecule has 164 valence electrons. The fourth-order valence-electron chi connectivity index (χ4n) is 2.97. The molecule has 1 N–H and O–H groups in total. The van der Waals surface area contributed by atoms with Gasteiger partial charge >= 0.3 is 0 Å². The van der Waals surface area contributed by atoms with Crippen molar-refractivity contribution in [2.24, 2.45) is 0 Å². The van der Waals surface area contributed by atoms with E-state index in [0.717, 1.165) is 23.3 Å². The highest BCUT2D eigenvalue weighted by atomic mass is 16.5. The van der Waals surface area contributed by atoms with E-state index in [4.69, 9.17) is 9.26 Å². The van der Waals surface area contributed by atoms with Gasteiger partial charge in [0, 0.05) is 30.9 Å². The molecule has 0 spiro atoms. The van der Waals surface area contributed by atoms with Crippen LogP contribution in [-0.2, 0) is 13.0 Å². The number of carbonyl (C=O) groups excluding carboxylic acids is 1. The maximum absolute atomic E-state index is 12.5. The lowest BCUT2D eigenvalue weighted by molar-refractivity contribution is 0.0946. The van der Waals surface area contributed by atoms with E-state index in [9.17, 15) is 4.79 Å². The van der Waals surface area contributed by atoms with Crippen LogP contribution in [0.4, 0.5) is 0 Å². The third kappa shape index (κ3) is 5.00. The summed E-state index contributed by atoms with van der Waals surface area (Å²) in [5, 5.41) is 6.80. The first-order chi connectivity index (χ1) is 15.7. The first-order valence-electron chi connectivity index (χ1n) is 10.5. The molecule has 32 heavy (non-hydrogen) atoms. The zero-order chi connectivity index (χ0) is 22.3. The molecule has 3 aromatic heterocycles. The first kappa shape index (κ1) is 21.2. The van der Waals surface area contributed by atoms with Crippen LogP contribution < -0.4 is 10.1 Å². The van der Waals surface area contributed by atoms with Gasteiger partial charge in [0.25, 0.3) is 11.8 Å². The van der Waals surface area contributed by atoms with Crippen LogP contribution in [0.15, 0.2) is 59.6 Å². The average Bonchev–Trinajstić information content (AvgIpc) is 3.52. The van der Waals surface area contributed by atoms with Crippen molar-refractivity contribution in [1.29, 1.82) is 0 Å². The predicted molar refractivity (Wildman–Crippen MR) is 117 cm³/mol. The van der Waals surface area contributed by atoms with Crippen molar-refractivity contribution in [3.8, 4) is 23.0 Å². The van der Waals surface area contributed by atoms with Gasteiger partial charge in [-0.2, -0.15) is 4.98 Å². The molecule has 0 atom stereocenters. The van der Waals surface area contributed by atoms with E-state index in [-0.39, 0.29) is 5.91 Å². The number of ether oxygens (including phenoxy) is 1. The van der Waals surface area contributed by atoms with Crippen molar-refractivity contribution >= 4 is 5.91 Å². The fourth-order valence-corrected chi connectivity index (χ4v) is 2.97. The minimum absolute atomic E-state index is 0.268. The second-order valence-electron chi connectivity index (χ2n) is 7.11. The van der Waals surface area contributed by atoms with Crippen LogP contribution in [0.2, 0.25) is 0 Å². The number of rotatable bonds is 9. The lowest BCUT2D eigenvalue weighted by Crippen LogP contribution is -2.23. The molecule has 1 amide bonds. The molecule has 4 rings (SSSR count). The van der Waals surface area contributed by atoms with Crippen molar-refractivity contribution in [2.75, 3.05) is 6.61 Å². The standard InChI is InChI=1S/C23H24N6O3/c1-3-11-31-18-7-5-16(6-8-18)13-25-22(30)19-14-29(15-26-19)21-12-17(9-10-24-21)23-27-20(4-2)28-32-23/h5-10,12,14-15H,3-4,11,13H2,1-2H3,(H,25,30). The minimum atomic E-state index is -0.268. The van der Waals surface area contributed by atoms with Gasteiger partial charge in [-0.1, -0.05) is 31.1 Å². The Labute approximate surface area is 185 Å². The zero-order valence-electron chi connectivity index (χ0n) is 18.0. The van der Waals surface area contributed by atoms with Crippen LogP contribution in [-0.4, -0.2) is 37.2 Å². The molecule has 9 nitrogen and oxygen atoms in total. The van der Waals surface area contributed by atoms with Gasteiger partial charge in [0.15, 0.2) is 5.82 Å². The monoisotopic (exact) mass is 432 g/mol. The highest BCUT2D eigenvalue weighted by molar-refractivity contribution is 5.92. The predicted octanol–water partition coefficient (Wildman–Crippen LogP) is 3.60. The molecular formula is C23H24N6O3. The third-order valence-corrected chi connectivity index (χ3v) is 4.71. The topological polar surface area (TPSA) is 108 Å². The maximum atomic E-state index is 12.5. The molecule has 3 heterocycles. The summed E-state index contributed by atoms with van der Waals surface area (Å²) in [5.41, 5.74) is 2.02. The number of pyridine rings is 1. The van der Waals surface area contributed by atoms with Crippen LogP contribution in [0.5, 0.6) is 5.75 Å². The quantitative estimate of drug-likeness (QED) is 0.430. The largest absolute Gasteiger partial charge is 0.494 e. The molecule has 0 saturated heterocycles. The number of aryl methyl sites for hydroxylation is 1. The second kappa shape index (κ2) is 9.86. The van der Waals surface area contributed by atoms with E-state index in [1.807, 2.05) is 31.2 Å². The van der Waals surface area contributed by atoms with Crippen LogP contribution in [0.25, 0.3) is 17.3 Å². The fraction of sp³-hybridized carbons (Fsp3) is 0.261. The van der Waals surface area contributed by atoms with Crippen molar-refractivity contribution in [1.82, 2.24) is 30.0 Å². The number of carbonyl (C=O) groups is 1. The van der Waals surface area contributed by atoms with Crippen molar-refractivity contribution in [3.05, 3.63) is 72.2 Å². The van der Waals surface area contributed by atoms with Gasteiger partial charge in [0.2, 0.25) is 0 Å². The molecule has 0 radical (unpaired) electrons. The number of hydrogen-bond acceptors (Lipinski definition) is 7. The van der Waals surface area contributed by atoms with E-state index in [1.165, 1.54) is 0 Å². The van der Waals surface area contributed by atoms with Crippen LogP contribution in [0.3, 0.4) is 0 Å². The number of nitrogens with zero attached hydrogens (tertiary/aromatic N) is 5. The molecular weight excluding hydrogens is 408 g/mol. The van der Waals surface area contributed by atoms with Crippen molar-refractivity contribution in [3.63, 3.8) is 0 Å². The summed E-state index contributed by atoms with van der Waals surface area (Å²) < 4.78 is 12.5. The Morgan fingerprint density at radius 2 is 2.00 bits per heavy atom. The first-order valence-corrected chi connectivity index (χ1v) is 10.5. The van der Waals surface area contributed by atoms with Crippen molar-refractivity contribution in [2.45, 2.75) is 33.2 Å². The average molecular weight is 432 g/mol. The summed E-state index contributed by atoms with van der Waals surface area (Å²) in [6, 6.07) is 11.3. The summed E-state index contributed by atoms with van der Waals surface area (Å²) in [6.07, 6.45) is 6.48. The Kier molecular flexibility index (Phi) is 6.54. The summed E-state index contributed by atoms with van der Waals surface area (Å²) in [7, 11) is 0. The highest BCUT2D eigenvalue weighted by Gasteiger charge is 2.13. The van der Waals surface area contributed by atoms with E-state index in [1.54, 1.807) is 35.4 Å².